The van der Waals surface area contributed by atoms with E-state index in [4.69, 9.17) is 0 Å². The number of piperidine rings is 1. The molecule has 1 saturated heterocycles. The van der Waals surface area contributed by atoms with Crippen LogP contribution in [0.15, 0.2) is 29.5 Å². The van der Waals surface area contributed by atoms with Gasteiger partial charge < -0.3 is 16.0 Å². The van der Waals surface area contributed by atoms with Crippen molar-refractivity contribution < 1.29 is 26.4 Å². The molecule has 29 heavy (non-hydrogen) atoms. The van der Waals surface area contributed by atoms with E-state index in [0.29, 0.717) is 22.5 Å². The summed E-state index contributed by atoms with van der Waals surface area (Å²) < 4.78 is 61.3. The predicted octanol–water partition coefficient (Wildman–Crippen LogP) is 0.889. The minimum absolute atomic E-state index is 0.175. The molecule has 162 valence electrons. The third kappa shape index (κ3) is 6.56. The summed E-state index contributed by atoms with van der Waals surface area (Å²) in [5.74, 6) is -0.0349. The zero-order chi connectivity index (χ0) is 21.5. The fraction of sp³-hybridized carbons (Fsp3) is 0.562. The molecule has 0 aromatic carbocycles. The molecule has 9 nitrogen and oxygen atoms in total. The maximum atomic E-state index is 12.6. The summed E-state index contributed by atoms with van der Waals surface area (Å²) in [6.07, 6.45) is 3.43. The normalized spacial score (nSPS) is 17.0. The quantitative estimate of drug-likeness (QED) is 0.451. The Bertz CT molecular complexity index is 809. The molecular weight excluding hydrogens is 413 g/mol. The molecule has 0 bridgehead atoms. The molecule has 0 aliphatic carbocycles. The van der Waals surface area contributed by atoms with Crippen molar-refractivity contribution in [1.29, 1.82) is 0 Å². The van der Waals surface area contributed by atoms with Crippen LogP contribution in [0.5, 0.6) is 0 Å². The smallest absolute Gasteiger partial charge is 0.357 e. The van der Waals surface area contributed by atoms with E-state index >= 15 is 0 Å². The standard InChI is InChI=1S/C16H23F3N6O3S/c1-2-21-15(22-11-14(26)23-13-4-3-7-20-10-13)24-12-5-8-25(9-6-12)29(27,28)16(17,18)19/h3-4,7,10,12H,2,5-6,8-9,11H2,1H3,(H,23,26)(H2,21,22,24). The maximum absolute atomic E-state index is 12.6. The SMILES string of the molecule is CCNC(=NCC(=O)Nc1cccnc1)NC1CCN(S(=O)(=O)C(F)(F)F)CC1. The van der Waals surface area contributed by atoms with Crippen LogP contribution in [0, 0.1) is 0 Å². The highest BCUT2D eigenvalue weighted by molar-refractivity contribution is 7.90. The third-order valence-electron chi connectivity index (χ3n) is 4.10. The average molecular weight is 436 g/mol. The zero-order valence-corrected chi connectivity index (χ0v) is 16.6. The Morgan fingerprint density at radius 3 is 2.59 bits per heavy atom. The van der Waals surface area contributed by atoms with Gasteiger partial charge in [0.1, 0.15) is 6.54 Å². The molecule has 1 aromatic heterocycles. The molecule has 13 heteroatoms. The number of aliphatic imine (C=N–C) groups is 1. The van der Waals surface area contributed by atoms with Crippen LogP contribution in [0.4, 0.5) is 18.9 Å². The molecular formula is C16H23F3N6O3S. The fourth-order valence-electron chi connectivity index (χ4n) is 2.69. The summed E-state index contributed by atoms with van der Waals surface area (Å²) in [5, 5.41) is 8.62. The van der Waals surface area contributed by atoms with Gasteiger partial charge in [-0.15, -0.1) is 0 Å². The number of carbonyl (C=O) groups excluding carboxylic acids is 1. The summed E-state index contributed by atoms with van der Waals surface area (Å²) in [4.78, 5) is 20.0. The van der Waals surface area contributed by atoms with E-state index in [1.807, 2.05) is 6.92 Å². The van der Waals surface area contributed by atoms with Crippen LogP contribution in [-0.2, 0) is 14.8 Å². The Balaban J connectivity index is 1.89. The number of guanidine groups is 1. The summed E-state index contributed by atoms with van der Waals surface area (Å²) in [6.45, 7) is 1.66. The molecule has 0 unspecified atom stereocenters. The van der Waals surface area contributed by atoms with Crippen LogP contribution in [-0.4, -0.2) is 67.3 Å². The monoisotopic (exact) mass is 436 g/mol. The van der Waals surface area contributed by atoms with Crippen molar-refractivity contribution in [2.75, 3.05) is 31.5 Å². The minimum Gasteiger partial charge on any atom is -0.357 e. The third-order valence-corrected chi connectivity index (χ3v) is 5.73. The summed E-state index contributed by atoms with van der Waals surface area (Å²) in [7, 11) is -5.31. The Morgan fingerprint density at radius 2 is 2.03 bits per heavy atom. The van der Waals surface area contributed by atoms with Crippen LogP contribution < -0.4 is 16.0 Å². The highest BCUT2D eigenvalue weighted by Gasteiger charge is 2.50. The van der Waals surface area contributed by atoms with Crippen molar-refractivity contribution in [2.24, 2.45) is 4.99 Å². The number of carbonyl (C=O) groups is 1. The zero-order valence-electron chi connectivity index (χ0n) is 15.7. The number of hydrogen-bond donors (Lipinski definition) is 3. The number of aromatic nitrogens is 1. The predicted molar refractivity (Wildman–Crippen MR) is 102 cm³/mol. The number of pyridine rings is 1. The van der Waals surface area contributed by atoms with Crippen LogP contribution in [0.3, 0.4) is 0 Å². The lowest BCUT2D eigenvalue weighted by Crippen LogP contribution is -2.51. The van der Waals surface area contributed by atoms with Gasteiger partial charge in [0.15, 0.2) is 5.96 Å². The van der Waals surface area contributed by atoms with E-state index in [-0.39, 0.29) is 44.4 Å². The van der Waals surface area contributed by atoms with E-state index in [0.717, 1.165) is 0 Å². The van der Waals surface area contributed by atoms with E-state index in [1.165, 1.54) is 6.20 Å². The average Bonchev–Trinajstić information content (AvgIpc) is 2.66. The molecule has 1 amide bonds. The van der Waals surface area contributed by atoms with Crippen molar-refractivity contribution in [3.05, 3.63) is 24.5 Å². The van der Waals surface area contributed by atoms with Crippen LogP contribution in [0.1, 0.15) is 19.8 Å². The van der Waals surface area contributed by atoms with Gasteiger partial charge in [-0.05, 0) is 31.9 Å². The molecule has 2 rings (SSSR count). The Hall–Kier alpha value is -2.41. The van der Waals surface area contributed by atoms with Crippen LogP contribution in [0.2, 0.25) is 0 Å². The van der Waals surface area contributed by atoms with Gasteiger partial charge in [-0.25, -0.2) is 13.4 Å². The first-order valence-corrected chi connectivity index (χ1v) is 10.4. The van der Waals surface area contributed by atoms with Gasteiger partial charge in [-0.2, -0.15) is 17.5 Å². The molecule has 1 aliphatic heterocycles. The Kier molecular flexibility index (Phi) is 7.79. The van der Waals surface area contributed by atoms with E-state index in [2.05, 4.69) is 25.9 Å². The second-order valence-electron chi connectivity index (χ2n) is 6.25. The number of halogens is 3. The second kappa shape index (κ2) is 9.87. The van der Waals surface area contributed by atoms with Crippen LogP contribution >= 0.6 is 0 Å². The molecule has 1 aromatic rings. The summed E-state index contributed by atoms with van der Waals surface area (Å²) >= 11 is 0. The molecule has 3 N–H and O–H groups in total. The fourth-order valence-corrected chi connectivity index (χ4v) is 3.67. The molecule has 2 heterocycles. The van der Waals surface area contributed by atoms with Gasteiger partial charge in [0, 0.05) is 31.9 Å². The first kappa shape index (κ1) is 22.9. The van der Waals surface area contributed by atoms with Crippen molar-refractivity contribution in [1.82, 2.24) is 19.9 Å². The number of nitrogens with zero attached hydrogens (tertiary/aromatic N) is 3. The number of anilines is 1. The number of nitrogens with one attached hydrogen (secondary N) is 3. The Morgan fingerprint density at radius 1 is 1.34 bits per heavy atom. The topological polar surface area (TPSA) is 116 Å². The molecule has 0 radical (unpaired) electrons. The Labute approximate surface area is 166 Å². The molecule has 0 saturated carbocycles. The molecule has 1 aliphatic rings. The molecule has 1 fully saturated rings. The summed E-state index contributed by atoms with van der Waals surface area (Å²) in [5.41, 5.74) is -4.77. The minimum atomic E-state index is -5.31. The van der Waals surface area contributed by atoms with Gasteiger partial charge in [0.05, 0.1) is 11.9 Å². The van der Waals surface area contributed by atoms with E-state index in [9.17, 15) is 26.4 Å². The highest BCUT2D eigenvalue weighted by Crippen LogP contribution is 2.28. The maximum Gasteiger partial charge on any atom is 0.511 e. The lowest BCUT2D eigenvalue weighted by Gasteiger charge is -2.32. The number of amides is 1. The largest absolute Gasteiger partial charge is 0.511 e. The second-order valence-corrected chi connectivity index (χ2v) is 8.18. The van der Waals surface area contributed by atoms with Crippen LogP contribution in [0.25, 0.3) is 0 Å². The van der Waals surface area contributed by atoms with Crippen molar-refractivity contribution >= 4 is 27.6 Å². The molecule has 0 atom stereocenters. The van der Waals surface area contributed by atoms with Crippen molar-refractivity contribution in [3.8, 4) is 0 Å². The number of hydrogen-bond acceptors (Lipinski definition) is 5. The lowest BCUT2D eigenvalue weighted by atomic mass is 10.1. The van der Waals surface area contributed by atoms with E-state index < -0.39 is 15.5 Å². The van der Waals surface area contributed by atoms with Gasteiger partial charge >= 0.3 is 15.5 Å². The first-order chi connectivity index (χ1) is 13.6. The summed E-state index contributed by atoms with van der Waals surface area (Å²) in [6, 6.07) is 3.09. The number of sulfonamides is 1. The highest BCUT2D eigenvalue weighted by atomic mass is 32.2. The lowest BCUT2D eigenvalue weighted by molar-refractivity contribution is -0.114. The van der Waals surface area contributed by atoms with Gasteiger partial charge in [-0.1, -0.05) is 0 Å². The first-order valence-electron chi connectivity index (χ1n) is 8.94. The number of rotatable bonds is 6. The van der Waals surface area contributed by atoms with Gasteiger partial charge in [-0.3, -0.25) is 9.78 Å². The van der Waals surface area contributed by atoms with Gasteiger partial charge in [0.2, 0.25) is 5.91 Å². The van der Waals surface area contributed by atoms with E-state index in [1.54, 1.807) is 18.3 Å². The van der Waals surface area contributed by atoms with Crippen molar-refractivity contribution in [2.45, 2.75) is 31.3 Å². The number of alkyl halides is 3. The van der Waals surface area contributed by atoms with Crippen molar-refractivity contribution in [3.63, 3.8) is 0 Å². The molecule has 0 spiro atoms. The van der Waals surface area contributed by atoms with Gasteiger partial charge in [0.25, 0.3) is 0 Å².